The number of halogens is 2. The summed E-state index contributed by atoms with van der Waals surface area (Å²) >= 11 is 2.04. The van der Waals surface area contributed by atoms with Crippen LogP contribution in [0.1, 0.15) is 12.0 Å². The Bertz CT molecular complexity index is 366. The zero-order valence-corrected chi connectivity index (χ0v) is 10.1. The molecule has 0 bridgehead atoms. The zero-order chi connectivity index (χ0) is 11.3. The Kier molecular flexibility index (Phi) is 4.62. The summed E-state index contributed by atoms with van der Waals surface area (Å²) in [6.45, 7) is -0.116. The third-order valence-corrected chi connectivity index (χ3v) is 2.53. The fourth-order valence-corrected chi connectivity index (χ4v) is 1.86. The standard InChI is InChI=1S/C10H10FIN2O/c11-2-1-3-15-10-8(12)4-7(6-13)5-9(10)14/h4-5H,1-3,14H2. The van der Waals surface area contributed by atoms with E-state index in [4.69, 9.17) is 15.7 Å². The van der Waals surface area contributed by atoms with Crippen molar-refractivity contribution in [3.63, 3.8) is 0 Å². The lowest BCUT2D eigenvalue weighted by molar-refractivity contribution is 0.289. The molecule has 3 nitrogen and oxygen atoms in total. The van der Waals surface area contributed by atoms with Gasteiger partial charge in [0.1, 0.15) is 0 Å². The Morgan fingerprint density at radius 3 is 2.80 bits per heavy atom. The van der Waals surface area contributed by atoms with E-state index in [-0.39, 0.29) is 0 Å². The van der Waals surface area contributed by atoms with E-state index in [9.17, 15) is 4.39 Å². The molecule has 0 atom stereocenters. The molecule has 1 rings (SSSR count). The van der Waals surface area contributed by atoms with Crippen molar-refractivity contribution >= 4 is 28.3 Å². The van der Waals surface area contributed by atoms with E-state index in [1.165, 1.54) is 0 Å². The molecule has 1 aromatic carbocycles. The van der Waals surface area contributed by atoms with Gasteiger partial charge in [-0.05, 0) is 34.7 Å². The van der Waals surface area contributed by atoms with Crippen molar-refractivity contribution in [2.75, 3.05) is 19.0 Å². The average Bonchev–Trinajstić information content (AvgIpc) is 2.22. The summed E-state index contributed by atoms with van der Waals surface area (Å²) in [5.41, 5.74) is 6.61. The molecule has 0 fully saturated rings. The predicted molar refractivity (Wildman–Crippen MR) is 64.4 cm³/mol. The van der Waals surface area contributed by atoms with Crippen LogP contribution in [0.25, 0.3) is 0 Å². The van der Waals surface area contributed by atoms with E-state index >= 15 is 0 Å². The fraction of sp³-hybridized carbons (Fsp3) is 0.300. The SMILES string of the molecule is N#Cc1cc(N)c(OCCCF)c(I)c1. The fourth-order valence-electron chi connectivity index (χ4n) is 1.06. The summed E-state index contributed by atoms with van der Waals surface area (Å²) in [6, 6.07) is 5.23. The van der Waals surface area contributed by atoms with Gasteiger partial charge < -0.3 is 10.5 Å². The molecule has 1 aromatic rings. The highest BCUT2D eigenvalue weighted by atomic mass is 127. The maximum absolute atomic E-state index is 11.9. The van der Waals surface area contributed by atoms with Gasteiger partial charge in [0.2, 0.25) is 0 Å². The first-order valence-electron chi connectivity index (χ1n) is 4.37. The van der Waals surface area contributed by atoms with Crippen molar-refractivity contribution in [3.8, 4) is 11.8 Å². The number of hydrogen-bond donors (Lipinski definition) is 1. The lowest BCUT2D eigenvalue weighted by Crippen LogP contribution is -2.03. The number of nitrogen functional groups attached to an aromatic ring is 1. The van der Waals surface area contributed by atoms with Gasteiger partial charge in [0, 0.05) is 6.42 Å². The van der Waals surface area contributed by atoms with Crippen LogP contribution in [0.2, 0.25) is 0 Å². The maximum atomic E-state index is 11.9. The molecule has 0 radical (unpaired) electrons. The van der Waals surface area contributed by atoms with E-state index in [2.05, 4.69) is 0 Å². The van der Waals surface area contributed by atoms with Crippen LogP contribution in [-0.4, -0.2) is 13.3 Å². The quantitative estimate of drug-likeness (QED) is 0.527. The number of ether oxygens (including phenoxy) is 1. The molecule has 0 amide bonds. The summed E-state index contributed by atoms with van der Waals surface area (Å²) < 4.78 is 18.0. The number of anilines is 1. The van der Waals surface area contributed by atoms with Crippen molar-refractivity contribution in [3.05, 3.63) is 21.3 Å². The molecule has 0 saturated carbocycles. The maximum Gasteiger partial charge on any atom is 0.155 e. The third kappa shape index (κ3) is 3.23. The Balaban J connectivity index is 2.85. The first-order chi connectivity index (χ1) is 7.19. The van der Waals surface area contributed by atoms with E-state index in [1.54, 1.807) is 12.1 Å². The van der Waals surface area contributed by atoms with Crippen molar-refractivity contribution < 1.29 is 9.13 Å². The smallest absolute Gasteiger partial charge is 0.155 e. The highest BCUT2D eigenvalue weighted by molar-refractivity contribution is 14.1. The van der Waals surface area contributed by atoms with E-state index in [0.717, 1.165) is 3.57 Å². The minimum Gasteiger partial charge on any atom is -0.490 e. The number of benzene rings is 1. The van der Waals surface area contributed by atoms with Crippen LogP contribution in [0.5, 0.6) is 5.75 Å². The topological polar surface area (TPSA) is 59.0 Å². The molecule has 5 heteroatoms. The normalized spacial score (nSPS) is 9.67. The van der Waals surface area contributed by atoms with Gasteiger partial charge in [-0.25, -0.2) is 0 Å². The van der Waals surface area contributed by atoms with Gasteiger partial charge >= 0.3 is 0 Å². The van der Waals surface area contributed by atoms with E-state index in [1.807, 2.05) is 28.7 Å². The van der Waals surface area contributed by atoms with Crippen molar-refractivity contribution in [1.82, 2.24) is 0 Å². The average molecular weight is 320 g/mol. The van der Waals surface area contributed by atoms with Gasteiger partial charge in [-0.15, -0.1) is 0 Å². The number of nitrogens with two attached hydrogens (primary N) is 1. The second kappa shape index (κ2) is 5.75. The highest BCUT2D eigenvalue weighted by Gasteiger charge is 2.07. The molecule has 0 aliphatic heterocycles. The summed E-state index contributed by atoms with van der Waals surface area (Å²) in [5.74, 6) is 0.531. The second-order valence-corrected chi connectivity index (χ2v) is 4.04. The molecule has 0 unspecified atom stereocenters. The van der Waals surface area contributed by atoms with Gasteiger partial charge in [0.25, 0.3) is 0 Å². The van der Waals surface area contributed by atoms with Crippen molar-refractivity contribution in [1.29, 1.82) is 5.26 Å². The molecule has 0 heterocycles. The number of alkyl halides is 1. The lowest BCUT2D eigenvalue weighted by atomic mass is 10.2. The molecule has 2 N–H and O–H groups in total. The van der Waals surface area contributed by atoms with Crippen molar-refractivity contribution in [2.45, 2.75) is 6.42 Å². The minimum atomic E-state index is -0.410. The van der Waals surface area contributed by atoms with Gasteiger partial charge in [-0.2, -0.15) is 5.26 Å². The number of nitriles is 1. The van der Waals surface area contributed by atoms with Crippen LogP contribution in [0.3, 0.4) is 0 Å². The predicted octanol–water partition coefficient (Wildman–Crippen LogP) is 2.48. The first-order valence-corrected chi connectivity index (χ1v) is 5.44. The second-order valence-electron chi connectivity index (χ2n) is 2.88. The molecule has 80 valence electrons. The highest BCUT2D eigenvalue weighted by Crippen LogP contribution is 2.29. The van der Waals surface area contributed by atoms with Gasteiger partial charge in [0.15, 0.2) is 5.75 Å². The Morgan fingerprint density at radius 2 is 2.27 bits per heavy atom. The van der Waals surface area contributed by atoms with Crippen LogP contribution >= 0.6 is 22.6 Å². The zero-order valence-electron chi connectivity index (χ0n) is 7.96. The van der Waals surface area contributed by atoms with Crippen LogP contribution < -0.4 is 10.5 Å². The van der Waals surface area contributed by atoms with Gasteiger partial charge in [0.05, 0.1) is 34.2 Å². The van der Waals surface area contributed by atoms with Crippen LogP contribution in [-0.2, 0) is 0 Å². The third-order valence-electron chi connectivity index (χ3n) is 1.73. The number of rotatable bonds is 4. The molecule has 0 aliphatic carbocycles. The minimum absolute atomic E-state index is 0.294. The number of nitrogens with zero attached hydrogens (tertiary/aromatic N) is 1. The lowest BCUT2D eigenvalue weighted by Gasteiger charge is -2.10. The van der Waals surface area contributed by atoms with Gasteiger partial charge in [-0.3, -0.25) is 4.39 Å². The molecule has 0 saturated heterocycles. The largest absolute Gasteiger partial charge is 0.490 e. The molecule has 0 spiro atoms. The summed E-state index contributed by atoms with van der Waals surface area (Å²) in [4.78, 5) is 0. The molecule has 0 aliphatic rings. The van der Waals surface area contributed by atoms with Crippen LogP contribution in [0.4, 0.5) is 10.1 Å². The van der Waals surface area contributed by atoms with Crippen LogP contribution in [0, 0.1) is 14.9 Å². The van der Waals surface area contributed by atoms with E-state index in [0.29, 0.717) is 30.0 Å². The van der Waals surface area contributed by atoms with Gasteiger partial charge in [-0.1, -0.05) is 0 Å². The number of hydrogen-bond acceptors (Lipinski definition) is 3. The molecule has 0 aromatic heterocycles. The Morgan fingerprint density at radius 1 is 1.53 bits per heavy atom. The summed E-state index contributed by atoms with van der Waals surface area (Å²) in [5, 5.41) is 8.69. The summed E-state index contributed by atoms with van der Waals surface area (Å²) in [7, 11) is 0. The first kappa shape index (κ1) is 12.0. The Hall–Kier alpha value is -1.03. The monoisotopic (exact) mass is 320 g/mol. The Labute approximate surface area is 101 Å². The van der Waals surface area contributed by atoms with E-state index < -0.39 is 6.67 Å². The van der Waals surface area contributed by atoms with Crippen LogP contribution in [0.15, 0.2) is 12.1 Å². The molecular formula is C10H10FIN2O. The summed E-state index contributed by atoms with van der Waals surface area (Å²) in [6.07, 6.45) is 0.343. The molecule has 15 heavy (non-hydrogen) atoms. The molecular weight excluding hydrogens is 310 g/mol. The van der Waals surface area contributed by atoms with Crippen molar-refractivity contribution in [2.24, 2.45) is 0 Å².